The van der Waals surface area contributed by atoms with Gasteiger partial charge >= 0.3 is 6.18 Å². The molecule has 2 rings (SSSR count). The topological polar surface area (TPSA) is 36.4 Å². The summed E-state index contributed by atoms with van der Waals surface area (Å²) in [5.41, 5.74) is 1.93. The van der Waals surface area contributed by atoms with Gasteiger partial charge in [0, 0.05) is 17.3 Å². The Bertz CT molecular complexity index is 470. The number of aryl methyl sites for hydroxylation is 2. The molecule has 0 spiro atoms. The van der Waals surface area contributed by atoms with Crippen LogP contribution in [0.3, 0.4) is 0 Å². The number of halogens is 3. The average molecular weight is 274 g/mol. The van der Waals surface area contributed by atoms with Gasteiger partial charge in [-0.2, -0.15) is 13.2 Å². The molecule has 1 aromatic heterocycles. The number of aliphatic hydroxyl groups excluding tert-OH is 1. The lowest BCUT2D eigenvalue weighted by atomic mass is 10.1. The van der Waals surface area contributed by atoms with E-state index >= 15 is 0 Å². The molecule has 1 heterocycles. The van der Waals surface area contributed by atoms with Gasteiger partial charge < -0.3 is 10.0 Å². The molecular weight excluding hydrogens is 257 g/mol. The average Bonchev–Trinajstić information content (AvgIpc) is 3.07. The molecule has 0 unspecified atom stereocenters. The maximum Gasteiger partial charge on any atom is 0.405 e. The molecule has 0 atom stereocenters. The van der Waals surface area contributed by atoms with Crippen LogP contribution in [0.2, 0.25) is 0 Å². The lowest BCUT2D eigenvalue weighted by molar-refractivity contribution is -0.120. The molecule has 1 N–H and O–H groups in total. The predicted molar refractivity (Wildman–Crippen MR) is 66.1 cm³/mol. The second-order valence-electron chi connectivity index (χ2n) is 5.02. The van der Waals surface area contributed by atoms with Crippen LogP contribution in [0, 0.1) is 13.8 Å². The van der Waals surface area contributed by atoms with Crippen LogP contribution < -0.4 is 4.90 Å². The molecule has 106 valence electrons. The summed E-state index contributed by atoms with van der Waals surface area (Å²) < 4.78 is 38.1. The molecule has 0 bridgehead atoms. The lowest BCUT2D eigenvalue weighted by Crippen LogP contribution is -2.37. The molecule has 3 nitrogen and oxygen atoms in total. The Morgan fingerprint density at radius 3 is 2.47 bits per heavy atom. The van der Waals surface area contributed by atoms with Crippen molar-refractivity contribution in [2.75, 3.05) is 11.4 Å². The Balaban J connectivity index is 2.41. The minimum Gasteiger partial charge on any atom is -0.392 e. The standard InChI is InChI=1S/C13H17F3N2O/c1-8-5-9(2)17-12(11(8)6-19)18(10-3-4-10)7-13(14,15)16/h5,10,19H,3-4,6-7H2,1-2H3. The first-order chi connectivity index (χ1) is 8.81. The Hall–Kier alpha value is -1.30. The van der Waals surface area contributed by atoms with E-state index in [-0.39, 0.29) is 18.5 Å². The quantitative estimate of drug-likeness (QED) is 0.917. The number of nitrogens with zero attached hydrogens (tertiary/aromatic N) is 2. The van der Waals surface area contributed by atoms with Crippen LogP contribution in [0.4, 0.5) is 19.0 Å². The van der Waals surface area contributed by atoms with Crippen LogP contribution in [0.1, 0.15) is 29.7 Å². The van der Waals surface area contributed by atoms with Crippen molar-refractivity contribution in [2.45, 2.75) is 45.5 Å². The molecule has 6 heteroatoms. The zero-order valence-electron chi connectivity index (χ0n) is 11.0. The van der Waals surface area contributed by atoms with E-state index in [1.165, 1.54) is 4.90 Å². The molecule has 19 heavy (non-hydrogen) atoms. The molecule has 1 aliphatic carbocycles. The molecule has 1 saturated carbocycles. The third-order valence-corrected chi connectivity index (χ3v) is 3.22. The normalized spacial score (nSPS) is 15.7. The molecule has 0 aromatic carbocycles. The number of aliphatic hydroxyl groups is 1. The van der Waals surface area contributed by atoms with Crippen LogP contribution in [0.25, 0.3) is 0 Å². The van der Waals surface area contributed by atoms with Gasteiger partial charge in [0.2, 0.25) is 0 Å². The first-order valence-electron chi connectivity index (χ1n) is 6.23. The molecule has 0 amide bonds. The maximum atomic E-state index is 12.7. The monoisotopic (exact) mass is 274 g/mol. The summed E-state index contributed by atoms with van der Waals surface area (Å²) in [7, 11) is 0. The number of hydrogen-bond acceptors (Lipinski definition) is 3. The van der Waals surface area contributed by atoms with Gasteiger partial charge in [-0.05, 0) is 38.3 Å². The SMILES string of the molecule is Cc1cc(C)c(CO)c(N(CC(F)(F)F)C2CC2)n1. The molecule has 1 aliphatic rings. The maximum absolute atomic E-state index is 12.7. The van der Waals surface area contributed by atoms with E-state index in [1.807, 2.05) is 0 Å². The first-order valence-corrected chi connectivity index (χ1v) is 6.23. The molecular formula is C13H17F3N2O. The summed E-state index contributed by atoms with van der Waals surface area (Å²) in [5.74, 6) is 0.278. The number of anilines is 1. The Labute approximate surface area is 110 Å². The molecule has 0 saturated heterocycles. The van der Waals surface area contributed by atoms with Gasteiger partial charge in [-0.1, -0.05) is 0 Å². The Morgan fingerprint density at radius 1 is 1.37 bits per heavy atom. The largest absolute Gasteiger partial charge is 0.405 e. The van der Waals surface area contributed by atoms with Crippen LogP contribution in [0.15, 0.2) is 6.07 Å². The van der Waals surface area contributed by atoms with Crippen molar-refractivity contribution in [3.05, 3.63) is 22.9 Å². The summed E-state index contributed by atoms with van der Waals surface area (Å²) in [4.78, 5) is 5.50. The van der Waals surface area contributed by atoms with Gasteiger partial charge in [0.25, 0.3) is 0 Å². The molecule has 1 aromatic rings. The van der Waals surface area contributed by atoms with E-state index < -0.39 is 12.7 Å². The second-order valence-corrected chi connectivity index (χ2v) is 5.02. The third-order valence-electron chi connectivity index (χ3n) is 3.22. The minimum absolute atomic E-state index is 0.111. The summed E-state index contributed by atoms with van der Waals surface area (Å²) in [6.45, 7) is 2.22. The summed E-state index contributed by atoms with van der Waals surface area (Å²) in [5, 5.41) is 9.39. The summed E-state index contributed by atoms with van der Waals surface area (Å²) >= 11 is 0. The number of rotatable bonds is 4. The van der Waals surface area contributed by atoms with Gasteiger partial charge in [0.1, 0.15) is 12.4 Å². The van der Waals surface area contributed by atoms with E-state index in [4.69, 9.17) is 0 Å². The highest BCUT2D eigenvalue weighted by atomic mass is 19.4. The van der Waals surface area contributed by atoms with E-state index in [2.05, 4.69) is 4.98 Å². The number of alkyl halides is 3. The predicted octanol–water partition coefficient (Wildman–Crippen LogP) is 2.72. The van der Waals surface area contributed by atoms with Crippen LogP contribution in [-0.2, 0) is 6.61 Å². The Morgan fingerprint density at radius 2 is 2.00 bits per heavy atom. The van der Waals surface area contributed by atoms with Gasteiger partial charge in [0.05, 0.1) is 6.61 Å². The third kappa shape index (κ3) is 3.37. The summed E-state index contributed by atoms with van der Waals surface area (Å²) in [6.07, 6.45) is -2.78. The lowest BCUT2D eigenvalue weighted by Gasteiger charge is -2.27. The summed E-state index contributed by atoms with van der Waals surface area (Å²) in [6, 6.07) is 1.66. The molecule has 0 radical (unpaired) electrons. The number of pyridine rings is 1. The second kappa shape index (κ2) is 5.00. The zero-order valence-corrected chi connectivity index (χ0v) is 11.0. The van der Waals surface area contributed by atoms with Gasteiger partial charge in [-0.15, -0.1) is 0 Å². The fourth-order valence-corrected chi connectivity index (χ4v) is 2.23. The van der Waals surface area contributed by atoms with Crippen molar-refractivity contribution in [1.29, 1.82) is 0 Å². The van der Waals surface area contributed by atoms with E-state index in [0.29, 0.717) is 11.3 Å². The zero-order chi connectivity index (χ0) is 14.2. The van der Waals surface area contributed by atoms with Crippen molar-refractivity contribution in [3.8, 4) is 0 Å². The highest BCUT2D eigenvalue weighted by Crippen LogP contribution is 2.36. The van der Waals surface area contributed by atoms with E-state index in [1.54, 1.807) is 19.9 Å². The van der Waals surface area contributed by atoms with Gasteiger partial charge in [-0.25, -0.2) is 4.98 Å². The fraction of sp³-hybridized carbons (Fsp3) is 0.615. The van der Waals surface area contributed by atoms with Crippen LogP contribution in [0.5, 0.6) is 0 Å². The smallest absolute Gasteiger partial charge is 0.392 e. The highest BCUT2D eigenvalue weighted by Gasteiger charge is 2.39. The van der Waals surface area contributed by atoms with Crippen molar-refractivity contribution >= 4 is 5.82 Å². The van der Waals surface area contributed by atoms with Gasteiger partial charge in [0.15, 0.2) is 0 Å². The van der Waals surface area contributed by atoms with E-state index in [9.17, 15) is 18.3 Å². The Kier molecular flexibility index (Phi) is 3.71. The first kappa shape index (κ1) is 14.1. The van der Waals surface area contributed by atoms with E-state index in [0.717, 1.165) is 18.4 Å². The molecule has 0 aliphatic heterocycles. The van der Waals surface area contributed by atoms with Crippen molar-refractivity contribution in [3.63, 3.8) is 0 Å². The minimum atomic E-state index is -4.27. The fourth-order valence-electron chi connectivity index (χ4n) is 2.23. The highest BCUT2D eigenvalue weighted by molar-refractivity contribution is 5.53. The number of hydrogen-bond donors (Lipinski definition) is 1. The van der Waals surface area contributed by atoms with Gasteiger partial charge in [-0.3, -0.25) is 0 Å². The van der Waals surface area contributed by atoms with Crippen molar-refractivity contribution in [2.24, 2.45) is 0 Å². The van der Waals surface area contributed by atoms with Crippen molar-refractivity contribution in [1.82, 2.24) is 4.98 Å². The van der Waals surface area contributed by atoms with Crippen molar-refractivity contribution < 1.29 is 18.3 Å². The number of aromatic nitrogens is 1. The van der Waals surface area contributed by atoms with Crippen LogP contribution in [-0.4, -0.2) is 28.9 Å². The molecule has 1 fully saturated rings. The van der Waals surface area contributed by atoms with Crippen LogP contribution >= 0.6 is 0 Å².